The molecule has 0 bridgehead atoms. The highest BCUT2D eigenvalue weighted by atomic mass is 35.5. The molecule has 3 N–H and O–H groups in total. The third kappa shape index (κ3) is 7.55. The third-order valence-corrected chi connectivity index (χ3v) is 13.6. The number of alkyl halides is 2. The van der Waals surface area contributed by atoms with Gasteiger partial charge in [0.25, 0.3) is 5.56 Å². The Morgan fingerprint density at radius 1 is 0.968 bits per heavy atom. The number of likely N-dealkylation sites (tertiary alicyclic amines) is 1. The minimum absolute atomic E-state index is 0.0444. The lowest BCUT2D eigenvalue weighted by Crippen LogP contribution is -2.49. The third-order valence-electron chi connectivity index (χ3n) is 13.4. The van der Waals surface area contributed by atoms with Gasteiger partial charge < -0.3 is 29.7 Å². The number of nitrogens with zero attached hydrogens (tertiary/aromatic N) is 8. The molecule has 1 aliphatic carbocycles. The van der Waals surface area contributed by atoms with Crippen LogP contribution in [0.4, 0.5) is 51.3 Å². The molecule has 3 amide bonds. The summed E-state index contributed by atoms with van der Waals surface area (Å²) in [7, 11) is 3.14. The predicted molar refractivity (Wildman–Crippen MR) is 230 cm³/mol. The first-order valence-corrected chi connectivity index (χ1v) is 21.8. The number of amides is 3. The van der Waals surface area contributed by atoms with E-state index in [0.29, 0.717) is 78.1 Å². The predicted octanol–water partition coefficient (Wildman–Crippen LogP) is 6.65. The number of ether oxygens (including phenoxy) is 1. The minimum Gasteiger partial charge on any atom is -0.480 e. The van der Waals surface area contributed by atoms with Crippen LogP contribution in [-0.2, 0) is 18.9 Å². The molecule has 0 spiro atoms. The van der Waals surface area contributed by atoms with E-state index in [-0.39, 0.29) is 58.5 Å². The second-order valence-electron chi connectivity index (χ2n) is 17.5. The maximum Gasteiger partial charge on any atom is 0.329 e. The maximum atomic E-state index is 16.2. The number of imide groups is 1. The smallest absolute Gasteiger partial charge is 0.329 e. The summed E-state index contributed by atoms with van der Waals surface area (Å²) in [5.41, 5.74) is 1.05. The van der Waals surface area contributed by atoms with Crippen LogP contribution in [0, 0.1) is 23.5 Å². The Morgan fingerprint density at radius 2 is 1.73 bits per heavy atom. The molecule has 2 aromatic carbocycles. The van der Waals surface area contributed by atoms with Crippen molar-refractivity contribution in [1.29, 1.82) is 0 Å². The van der Waals surface area contributed by atoms with Crippen LogP contribution in [0.3, 0.4) is 0 Å². The Hall–Kier alpha value is -5.69. The summed E-state index contributed by atoms with van der Waals surface area (Å²) in [6.07, 6.45) is 5.94. The molecule has 15 nitrogen and oxygen atoms in total. The lowest BCUT2D eigenvalue weighted by molar-refractivity contribution is -0.120. The molecule has 332 valence electrons. The first kappa shape index (κ1) is 41.3. The molecule has 0 unspecified atom stereocenters. The summed E-state index contributed by atoms with van der Waals surface area (Å²) in [6.45, 7) is 2.88. The average Bonchev–Trinajstić information content (AvgIpc) is 4.06. The van der Waals surface area contributed by atoms with Gasteiger partial charge in [0.1, 0.15) is 16.4 Å². The van der Waals surface area contributed by atoms with Crippen LogP contribution in [0.5, 0.6) is 5.75 Å². The molecule has 5 aromatic rings. The fourth-order valence-electron chi connectivity index (χ4n) is 9.80. The van der Waals surface area contributed by atoms with Gasteiger partial charge in [-0.05, 0) is 93.6 Å². The average molecular weight is 892 g/mol. The fourth-order valence-corrected chi connectivity index (χ4v) is 9.94. The molecule has 7 heterocycles. The molecule has 4 aliphatic heterocycles. The van der Waals surface area contributed by atoms with Crippen molar-refractivity contribution in [2.45, 2.75) is 62.8 Å². The zero-order chi connectivity index (χ0) is 43.9. The number of halogens is 5. The van der Waals surface area contributed by atoms with Gasteiger partial charge in [0.05, 0.1) is 28.8 Å². The van der Waals surface area contributed by atoms with Crippen molar-refractivity contribution in [3.8, 4) is 5.75 Å². The zero-order valence-electron chi connectivity index (χ0n) is 34.7. The van der Waals surface area contributed by atoms with Crippen LogP contribution in [0.2, 0.25) is 5.02 Å². The number of fused-ring (bicyclic) bond motifs is 4. The van der Waals surface area contributed by atoms with Crippen LogP contribution in [0.15, 0.2) is 35.3 Å². The molecule has 5 aliphatic rings. The topological polar surface area (TPSA) is 155 Å². The molecule has 3 saturated heterocycles. The van der Waals surface area contributed by atoms with Crippen LogP contribution >= 0.6 is 11.6 Å². The van der Waals surface area contributed by atoms with Gasteiger partial charge >= 0.3 is 12.0 Å². The molecule has 20 heteroatoms. The van der Waals surface area contributed by atoms with Gasteiger partial charge in [-0.2, -0.15) is 10.1 Å². The Bertz CT molecular complexity index is 2730. The number of urea groups is 1. The number of anilines is 5. The van der Waals surface area contributed by atoms with E-state index in [0.717, 1.165) is 32.5 Å². The van der Waals surface area contributed by atoms with Crippen molar-refractivity contribution in [3.05, 3.63) is 63.0 Å². The summed E-state index contributed by atoms with van der Waals surface area (Å²) in [5, 5.41) is 13.9. The summed E-state index contributed by atoms with van der Waals surface area (Å²) in [4.78, 5) is 52.5. The van der Waals surface area contributed by atoms with Gasteiger partial charge in [0.2, 0.25) is 17.6 Å². The number of hydrogen-bond donors (Lipinski definition) is 3. The van der Waals surface area contributed by atoms with Crippen molar-refractivity contribution in [2.75, 3.05) is 66.3 Å². The highest BCUT2D eigenvalue weighted by Crippen LogP contribution is 2.46. The number of aryl methyl sites for hydroxylation is 2. The number of hydrogen-bond acceptors (Lipinski definition) is 11. The molecule has 0 radical (unpaired) electrons. The number of pyridine rings is 1. The number of aromatic nitrogens is 5. The van der Waals surface area contributed by atoms with E-state index < -0.39 is 47.7 Å². The molecule has 10 rings (SSSR count). The van der Waals surface area contributed by atoms with Gasteiger partial charge in [-0.15, -0.1) is 0 Å². The van der Waals surface area contributed by atoms with E-state index in [1.807, 2.05) is 0 Å². The number of benzene rings is 2. The highest BCUT2D eigenvalue weighted by Gasteiger charge is 2.51. The Morgan fingerprint density at radius 3 is 2.46 bits per heavy atom. The van der Waals surface area contributed by atoms with Crippen molar-refractivity contribution in [3.63, 3.8) is 0 Å². The summed E-state index contributed by atoms with van der Waals surface area (Å²) in [5.74, 6) is -4.15. The minimum atomic E-state index is -3.15. The van der Waals surface area contributed by atoms with E-state index in [4.69, 9.17) is 21.3 Å². The second kappa shape index (κ2) is 15.8. The van der Waals surface area contributed by atoms with Crippen LogP contribution in [0.25, 0.3) is 21.8 Å². The lowest BCUT2D eigenvalue weighted by atomic mass is 9.87. The van der Waals surface area contributed by atoms with Crippen molar-refractivity contribution in [2.24, 2.45) is 25.9 Å². The molecular weight excluding hydrogens is 846 g/mol. The van der Waals surface area contributed by atoms with Crippen molar-refractivity contribution in [1.82, 2.24) is 34.5 Å². The molecule has 3 aromatic heterocycles. The van der Waals surface area contributed by atoms with E-state index in [1.54, 1.807) is 38.5 Å². The zero-order valence-corrected chi connectivity index (χ0v) is 35.5. The number of carbonyl (C=O) groups is 2. The summed E-state index contributed by atoms with van der Waals surface area (Å²) >= 11 is 6.61. The Labute approximate surface area is 363 Å². The van der Waals surface area contributed by atoms with Gasteiger partial charge in [-0.1, -0.05) is 11.6 Å². The van der Waals surface area contributed by atoms with E-state index in [2.05, 4.69) is 35.8 Å². The second-order valence-corrected chi connectivity index (χ2v) is 17.9. The van der Waals surface area contributed by atoms with Crippen LogP contribution < -0.4 is 36.0 Å². The number of rotatable bonds is 8. The SMILES string of the molecule is Cn1nc(N2CCC(=O)NC2=O)c2cc(F)c(C3CCN(CC4CCN(c5ncc(Cl)c(Nc6ccc7c(c6)c6c(c(=O)n7C)OCC(F)(F)[C@H](C7CC7)N6)n5)CC4)CC3)c(F)c21. The normalized spacial score (nSPS) is 21.3. The summed E-state index contributed by atoms with van der Waals surface area (Å²) in [6, 6.07) is 4.73. The quantitative estimate of drug-likeness (QED) is 0.144. The Balaban J connectivity index is 0.777. The van der Waals surface area contributed by atoms with Crippen LogP contribution in [0.1, 0.15) is 56.4 Å². The first-order chi connectivity index (χ1) is 30.2. The van der Waals surface area contributed by atoms with Gasteiger partial charge in [0.15, 0.2) is 24.1 Å². The molecular formula is C43H46ClF4N11O4. The Kier molecular flexibility index (Phi) is 10.4. The van der Waals surface area contributed by atoms with Crippen LogP contribution in [-0.4, -0.2) is 99.0 Å². The molecule has 4 fully saturated rings. The van der Waals surface area contributed by atoms with E-state index in [9.17, 15) is 14.4 Å². The van der Waals surface area contributed by atoms with E-state index in [1.165, 1.54) is 20.2 Å². The van der Waals surface area contributed by atoms with Gasteiger partial charge in [-0.3, -0.25) is 24.5 Å². The van der Waals surface area contributed by atoms with Crippen molar-refractivity contribution < 1.29 is 31.9 Å². The lowest BCUT2D eigenvalue weighted by Gasteiger charge is -2.38. The first-order valence-electron chi connectivity index (χ1n) is 21.4. The molecule has 63 heavy (non-hydrogen) atoms. The molecule has 1 saturated carbocycles. The summed E-state index contributed by atoms with van der Waals surface area (Å²) < 4.78 is 70.5. The van der Waals surface area contributed by atoms with E-state index >= 15 is 17.6 Å². The number of piperidine rings is 2. The van der Waals surface area contributed by atoms with Crippen molar-refractivity contribution >= 4 is 74.3 Å². The van der Waals surface area contributed by atoms with Gasteiger partial charge in [-0.25, -0.2) is 27.3 Å². The van der Waals surface area contributed by atoms with Gasteiger partial charge in [0, 0.05) is 63.3 Å². The standard InChI is InChI=1S/C43H46ClF4N11O4/c1-55-30-6-5-25(17-26(30)34-36(40(55)61)63-21-43(47,48)37(52-34)24-3-4-24)50-38-28(44)19-49-41(53-38)58-14-7-22(8-15-58)20-57-12-9-23(10-13-57)32-29(45)18-27-35(33(32)46)56(2)54-39(27)59-16-11-31(60)51-42(59)62/h5-6,17-19,22-24,37,52H,3-4,7-16,20-21H2,1-2H3,(H,49,50,53)(H,51,60,62)/t37-/m0/s1. The fraction of sp³-hybridized carbons (Fsp3) is 0.488. The number of carbonyl (C=O) groups excluding carboxylic acids is 2. The number of nitrogens with one attached hydrogen (secondary N) is 3. The largest absolute Gasteiger partial charge is 0.480 e. The maximum absolute atomic E-state index is 16.2. The molecule has 1 atom stereocenters. The highest BCUT2D eigenvalue weighted by molar-refractivity contribution is 6.33. The monoisotopic (exact) mass is 891 g/mol.